The molecule has 0 saturated carbocycles. The van der Waals surface area contributed by atoms with Crippen molar-refractivity contribution in [2.75, 3.05) is 7.11 Å². The minimum absolute atomic E-state index is 0.376. The van der Waals surface area contributed by atoms with Crippen molar-refractivity contribution in [1.29, 1.82) is 0 Å². The van der Waals surface area contributed by atoms with E-state index >= 15 is 0 Å². The molecule has 80 valence electrons. The van der Waals surface area contributed by atoms with Gasteiger partial charge < -0.3 is 9.30 Å². The summed E-state index contributed by atoms with van der Waals surface area (Å²) in [5.74, 6) is 1.98. The molecular weight excluding hydrogens is 202 g/mol. The minimum atomic E-state index is -0.423. The normalized spacial score (nSPS) is 12.1. The summed E-state index contributed by atoms with van der Waals surface area (Å²) in [6, 6.07) is 0. The summed E-state index contributed by atoms with van der Waals surface area (Å²) in [5, 5.41) is 8.12. The Bertz CT molecular complexity index is 309. The fraction of sp³-hybridized carbons (Fsp3) is 0.778. The molecule has 0 fully saturated rings. The van der Waals surface area contributed by atoms with Crippen LogP contribution in [-0.2, 0) is 22.8 Å². The maximum Gasteiger partial charge on any atom is 0.164 e. The van der Waals surface area contributed by atoms with E-state index in [2.05, 4.69) is 10.2 Å². The first-order chi connectivity index (χ1) is 6.56. The van der Waals surface area contributed by atoms with Gasteiger partial charge in [0.2, 0.25) is 0 Å². The summed E-state index contributed by atoms with van der Waals surface area (Å²) in [7, 11) is 1.66. The zero-order valence-electron chi connectivity index (χ0n) is 9.04. The molecule has 0 spiro atoms. The second kappa shape index (κ2) is 4.28. The molecular formula is C9H16ClN3O. The number of hydrogen-bond acceptors (Lipinski definition) is 3. The van der Waals surface area contributed by atoms with Gasteiger partial charge in [-0.1, -0.05) is 0 Å². The van der Waals surface area contributed by atoms with Crippen molar-refractivity contribution in [2.24, 2.45) is 0 Å². The molecule has 0 unspecified atom stereocenters. The number of rotatable bonds is 4. The molecule has 0 amide bonds. The van der Waals surface area contributed by atoms with Crippen molar-refractivity contribution in [3.63, 3.8) is 0 Å². The lowest BCUT2D eigenvalue weighted by atomic mass is 10.1. The molecule has 0 aliphatic carbocycles. The lowest BCUT2D eigenvalue weighted by Gasteiger charge is -2.22. The number of methoxy groups -OCH3 is 1. The Morgan fingerprint density at radius 3 is 2.50 bits per heavy atom. The Morgan fingerprint density at radius 1 is 1.43 bits per heavy atom. The predicted molar refractivity (Wildman–Crippen MR) is 55.3 cm³/mol. The van der Waals surface area contributed by atoms with Crippen molar-refractivity contribution >= 4 is 11.6 Å². The molecule has 4 nitrogen and oxygen atoms in total. The van der Waals surface area contributed by atoms with Crippen LogP contribution in [0.4, 0.5) is 0 Å². The zero-order valence-corrected chi connectivity index (χ0v) is 9.80. The van der Waals surface area contributed by atoms with E-state index in [0.717, 1.165) is 18.2 Å². The zero-order chi connectivity index (χ0) is 10.8. The number of nitrogens with zero attached hydrogens (tertiary/aromatic N) is 3. The van der Waals surface area contributed by atoms with Gasteiger partial charge in [0.15, 0.2) is 5.82 Å². The van der Waals surface area contributed by atoms with Crippen molar-refractivity contribution in [3.8, 4) is 0 Å². The van der Waals surface area contributed by atoms with Crippen LogP contribution in [0, 0.1) is 0 Å². The van der Waals surface area contributed by atoms with E-state index in [1.807, 2.05) is 25.3 Å². The molecule has 0 atom stereocenters. The van der Waals surface area contributed by atoms with Gasteiger partial charge in [-0.15, -0.1) is 21.8 Å². The highest BCUT2D eigenvalue weighted by Crippen LogP contribution is 2.22. The Hall–Kier alpha value is -0.610. The number of alkyl halides is 1. The van der Waals surface area contributed by atoms with Crippen molar-refractivity contribution in [2.45, 2.75) is 38.8 Å². The number of halogens is 1. The van der Waals surface area contributed by atoms with Crippen LogP contribution in [0.3, 0.4) is 0 Å². The fourth-order valence-corrected chi connectivity index (χ4v) is 1.50. The lowest BCUT2D eigenvalue weighted by molar-refractivity contribution is 0.00824. The standard InChI is InChI=1S/C9H16ClN3O/c1-5-13-7(6-10)11-12-8(13)9(2,3)14-4/h5-6H2,1-4H3. The van der Waals surface area contributed by atoms with Gasteiger partial charge in [0, 0.05) is 13.7 Å². The summed E-state index contributed by atoms with van der Waals surface area (Å²) in [6.45, 7) is 6.76. The second-order valence-corrected chi connectivity index (χ2v) is 3.80. The third kappa shape index (κ3) is 1.91. The first-order valence-electron chi connectivity index (χ1n) is 4.60. The molecule has 1 heterocycles. The third-order valence-corrected chi connectivity index (χ3v) is 2.55. The SMILES string of the molecule is CCn1c(CCl)nnc1C(C)(C)OC. The van der Waals surface area contributed by atoms with Gasteiger partial charge in [-0.3, -0.25) is 0 Å². The molecule has 1 aromatic rings. The molecule has 0 aliphatic rings. The van der Waals surface area contributed by atoms with Crippen molar-refractivity contribution in [3.05, 3.63) is 11.6 Å². The Labute approximate surface area is 89.2 Å². The first kappa shape index (κ1) is 11.5. The van der Waals surface area contributed by atoms with Crippen molar-refractivity contribution in [1.82, 2.24) is 14.8 Å². The molecule has 1 aromatic heterocycles. The Kier molecular flexibility index (Phi) is 3.50. The summed E-state index contributed by atoms with van der Waals surface area (Å²) in [4.78, 5) is 0. The first-order valence-corrected chi connectivity index (χ1v) is 5.14. The average molecular weight is 218 g/mol. The number of aromatic nitrogens is 3. The molecule has 1 rings (SSSR count). The quantitative estimate of drug-likeness (QED) is 0.724. The Morgan fingerprint density at radius 2 is 2.07 bits per heavy atom. The van der Waals surface area contributed by atoms with E-state index in [0.29, 0.717) is 5.88 Å². The molecule has 0 aromatic carbocycles. The molecule has 0 saturated heterocycles. The van der Waals surface area contributed by atoms with Crippen LogP contribution in [0.2, 0.25) is 0 Å². The van der Waals surface area contributed by atoms with E-state index < -0.39 is 5.60 Å². The van der Waals surface area contributed by atoms with Gasteiger partial charge in [0.05, 0.1) is 5.88 Å². The average Bonchev–Trinajstić information content (AvgIpc) is 2.60. The lowest BCUT2D eigenvalue weighted by Crippen LogP contribution is -2.25. The maximum atomic E-state index is 5.75. The van der Waals surface area contributed by atoms with Crippen LogP contribution in [0.15, 0.2) is 0 Å². The van der Waals surface area contributed by atoms with Gasteiger partial charge in [-0.2, -0.15) is 0 Å². The highest BCUT2D eigenvalue weighted by atomic mass is 35.5. The minimum Gasteiger partial charge on any atom is -0.371 e. The van der Waals surface area contributed by atoms with Crippen LogP contribution in [0.5, 0.6) is 0 Å². The third-order valence-electron chi connectivity index (χ3n) is 2.31. The Balaban J connectivity index is 3.15. The highest BCUT2D eigenvalue weighted by Gasteiger charge is 2.27. The molecule has 0 aliphatic heterocycles. The van der Waals surface area contributed by atoms with E-state index in [-0.39, 0.29) is 0 Å². The van der Waals surface area contributed by atoms with Crippen molar-refractivity contribution < 1.29 is 4.74 Å². The van der Waals surface area contributed by atoms with E-state index in [1.165, 1.54) is 0 Å². The van der Waals surface area contributed by atoms with Crippen LogP contribution in [0.1, 0.15) is 32.4 Å². The van der Waals surface area contributed by atoms with Crippen LogP contribution >= 0.6 is 11.6 Å². The molecule has 14 heavy (non-hydrogen) atoms. The topological polar surface area (TPSA) is 39.9 Å². The monoisotopic (exact) mass is 217 g/mol. The van der Waals surface area contributed by atoms with Gasteiger partial charge in [-0.05, 0) is 20.8 Å². The summed E-state index contributed by atoms with van der Waals surface area (Å²) in [6.07, 6.45) is 0. The highest BCUT2D eigenvalue weighted by molar-refractivity contribution is 6.16. The van der Waals surface area contributed by atoms with Gasteiger partial charge >= 0.3 is 0 Å². The molecule has 5 heteroatoms. The van der Waals surface area contributed by atoms with Gasteiger partial charge in [-0.25, -0.2) is 0 Å². The number of ether oxygens (including phenoxy) is 1. The molecule has 0 bridgehead atoms. The maximum absolute atomic E-state index is 5.75. The smallest absolute Gasteiger partial charge is 0.164 e. The van der Waals surface area contributed by atoms with Gasteiger partial charge in [0.1, 0.15) is 11.4 Å². The molecule has 0 N–H and O–H groups in total. The van der Waals surface area contributed by atoms with E-state index in [1.54, 1.807) is 7.11 Å². The summed E-state index contributed by atoms with van der Waals surface area (Å²) < 4.78 is 7.34. The summed E-state index contributed by atoms with van der Waals surface area (Å²) >= 11 is 5.75. The second-order valence-electron chi connectivity index (χ2n) is 3.53. The molecule has 0 radical (unpaired) electrons. The van der Waals surface area contributed by atoms with Crippen LogP contribution in [-0.4, -0.2) is 21.9 Å². The largest absolute Gasteiger partial charge is 0.371 e. The number of hydrogen-bond donors (Lipinski definition) is 0. The van der Waals surface area contributed by atoms with Crippen LogP contribution < -0.4 is 0 Å². The van der Waals surface area contributed by atoms with Gasteiger partial charge in [0.25, 0.3) is 0 Å². The fourth-order valence-electron chi connectivity index (χ4n) is 1.30. The summed E-state index contributed by atoms with van der Waals surface area (Å²) in [5.41, 5.74) is -0.423. The van der Waals surface area contributed by atoms with E-state index in [9.17, 15) is 0 Å². The van der Waals surface area contributed by atoms with Crippen LogP contribution in [0.25, 0.3) is 0 Å². The van der Waals surface area contributed by atoms with E-state index in [4.69, 9.17) is 16.3 Å². The predicted octanol–water partition coefficient (Wildman–Crippen LogP) is 1.92.